The number of benzene rings is 2. The summed E-state index contributed by atoms with van der Waals surface area (Å²) in [6.07, 6.45) is 3.24. The quantitative estimate of drug-likeness (QED) is 0.865. The number of hydrogen-bond donors (Lipinski definition) is 1. The van der Waals surface area contributed by atoms with Gasteiger partial charge in [0.2, 0.25) is 5.91 Å². The van der Waals surface area contributed by atoms with E-state index in [0.29, 0.717) is 18.8 Å². The van der Waals surface area contributed by atoms with Crippen molar-refractivity contribution in [3.8, 4) is 5.75 Å². The van der Waals surface area contributed by atoms with Gasteiger partial charge in [-0.1, -0.05) is 12.1 Å². The molecule has 29 heavy (non-hydrogen) atoms. The Labute approximate surface area is 170 Å². The lowest BCUT2D eigenvalue weighted by Crippen LogP contribution is -2.47. The molecule has 3 aliphatic heterocycles. The van der Waals surface area contributed by atoms with E-state index in [0.717, 1.165) is 68.9 Å². The molecular weight excluding hydrogens is 369 g/mol. The number of nitrogens with one attached hydrogen (secondary N) is 1. The molecule has 3 aliphatic rings. The number of amides is 1. The number of carbonyl (C=O) groups excluding carboxylic acids is 1. The topological polar surface area (TPSA) is 44.8 Å². The monoisotopic (exact) mass is 395 g/mol. The zero-order chi connectivity index (χ0) is 19.8. The number of fused-ring (bicyclic) bond motifs is 2. The van der Waals surface area contributed by atoms with Gasteiger partial charge in [0.25, 0.3) is 0 Å². The molecule has 5 nitrogen and oxygen atoms in total. The summed E-state index contributed by atoms with van der Waals surface area (Å²) in [6, 6.07) is 9.61. The Morgan fingerprint density at radius 1 is 1.03 bits per heavy atom. The van der Waals surface area contributed by atoms with Crippen LogP contribution in [0.15, 0.2) is 30.3 Å². The molecule has 1 saturated heterocycles. The molecular formula is C23H26FN3O2. The largest absolute Gasteiger partial charge is 0.493 e. The number of nitrogens with zero attached hydrogens (tertiary/aromatic N) is 2. The van der Waals surface area contributed by atoms with Gasteiger partial charge in [-0.15, -0.1) is 0 Å². The molecule has 152 valence electrons. The second-order valence-corrected chi connectivity index (χ2v) is 8.12. The van der Waals surface area contributed by atoms with Crippen LogP contribution < -0.4 is 15.0 Å². The maximum atomic E-state index is 14.0. The summed E-state index contributed by atoms with van der Waals surface area (Å²) in [6.45, 7) is 5.37. The van der Waals surface area contributed by atoms with Gasteiger partial charge in [-0.05, 0) is 36.1 Å². The molecule has 0 atom stereocenters. The number of aryl methyl sites for hydroxylation is 1. The van der Waals surface area contributed by atoms with Crippen molar-refractivity contribution in [1.82, 2.24) is 4.90 Å². The summed E-state index contributed by atoms with van der Waals surface area (Å²) in [4.78, 5) is 16.4. The van der Waals surface area contributed by atoms with Gasteiger partial charge in [0.15, 0.2) is 0 Å². The van der Waals surface area contributed by atoms with Gasteiger partial charge in [0, 0.05) is 68.6 Å². The van der Waals surface area contributed by atoms with Crippen molar-refractivity contribution in [1.29, 1.82) is 0 Å². The predicted octanol–water partition coefficient (Wildman–Crippen LogP) is 3.01. The molecule has 0 aromatic heterocycles. The van der Waals surface area contributed by atoms with E-state index in [4.69, 9.17) is 4.74 Å². The first kappa shape index (κ1) is 18.4. The number of halogens is 1. The first-order chi connectivity index (χ1) is 14.2. The second kappa shape index (κ2) is 7.67. The SMILES string of the molecule is O=C1CCc2ccc(CCN3CCN(c4cc(F)cc5c4CCO5)CC3)cc2N1. The molecule has 6 heteroatoms. The van der Waals surface area contributed by atoms with Crippen LogP contribution in [0.2, 0.25) is 0 Å². The van der Waals surface area contributed by atoms with E-state index in [1.165, 1.54) is 17.2 Å². The molecule has 2 aromatic rings. The van der Waals surface area contributed by atoms with E-state index in [2.05, 4.69) is 33.3 Å². The Bertz CT molecular complexity index is 938. The Hall–Kier alpha value is -2.60. The fraction of sp³-hybridized carbons (Fsp3) is 0.435. The van der Waals surface area contributed by atoms with Gasteiger partial charge in [-0.3, -0.25) is 9.69 Å². The summed E-state index contributed by atoms with van der Waals surface area (Å²) in [7, 11) is 0. The number of hydrogen-bond acceptors (Lipinski definition) is 4. The summed E-state index contributed by atoms with van der Waals surface area (Å²) < 4.78 is 19.5. The van der Waals surface area contributed by atoms with Crippen molar-refractivity contribution in [2.24, 2.45) is 0 Å². The van der Waals surface area contributed by atoms with E-state index in [-0.39, 0.29) is 11.7 Å². The molecule has 3 heterocycles. The van der Waals surface area contributed by atoms with Gasteiger partial charge in [0.05, 0.1) is 6.61 Å². The molecule has 0 bridgehead atoms. The normalized spacial score (nSPS) is 18.8. The maximum Gasteiger partial charge on any atom is 0.224 e. The number of anilines is 2. The van der Waals surface area contributed by atoms with E-state index in [9.17, 15) is 9.18 Å². The van der Waals surface area contributed by atoms with Gasteiger partial charge in [0.1, 0.15) is 11.6 Å². The number of ether oxygens (including phenoxy) is 1. The highest BCUT2D eigenvalue weighted by Crippen LogP contribution is 2.35. The molecule has 0 spiro atoms. The predicted molar refractivity (Wildman–Crippen MR) is 111 cm³/mol. The van der Waals surface area contributed by atoms with Crippen LogP contribution in [0.25, 0.3) is 0 Å². The van der Waals surface area contributed by atoms with Gasteiger partial charge >= 0.3 is 0 Å². The van der Waals surface area contributed by atoms with Crippen molar-refractivity contribution in [3.63, 3.8) is 0 Å². The van der Waals surface area contributed by atoms with Crippen LogP contribution in [-0.2, 0) is 24.1 Å². The first-order valence-electron chi connectivity index (χ1n) is 10.5. The maximum absolute atomic E-state index is 14.0. The van der Waals surface area contributed by atoms with E-state index >= 15 is 0 Å². The van der Waals surface area contributed by atoms with Crippen LogP contribution in [0, 0.1) is 5.82 Å². The smallest absolute Gasteiger partial charge is 0.224 e. The zero-order valence-electron chi connectivity index (χ0n) is 16.5. The van der Waals surface area contributed by atoms with Crippen molar-refractivity contribution >= 4 is 17.3 Å². The summed E-state index contributed by atoms with van der Waals surface area (Å²) >= 11 is 0. The molecule has 2 aromatic carbocycles. The number of piperazine rings is 1. The summed E-state index contributed by atoms with van der Waals surface area (Å²) in [5.41, 5.74) is 5.62. The highest BCUT2D eigenvalue weighted by atomic mass is 19.1. The van der Waals surface area contributed by atoms with Crippen LogP contribution in [0.1, 0.15) is 23.1 Å². The van der Waals surface area contributed by atoms with E-state index in [1.807, 2.05) is 0 Å². The van der Waals surface area contributed by atoms with Crippen LogP contribution in [0.3, 0.4) is 0 Å². The summed E-state index contributed by atoms with van der Waals surface area (Å²) in [5, 5.41) is 2.99. The fourth-order valence-corrected chi connectivity index (χ4v) is 4.60. The highest BCUT2D eigenvalue weighted by molar-refractivity contribution is 5.93. The number of rotatable bonds is 4. The molecule has 0 unspecified atom stereocenters. The third-order valence-electron chi connectivity index (χ3n) is 6.26. The fourth-order valence-electron chi connectivity index (χ4n) is 4.60. The summed E-state index contributed by atoms with van der Waals surface area (Å²) in [5.74, 6) is 0.601. The second-order valence-electron chi connectivity index (χ2n) is 8.12. The molecule has 1 fully saturated rings. The molecule has 0 radical (unpaired) electrons. The van der Waals surface area contributed by atoms with Crippen LogP contribution >= 0.6 is 0 Å². The minimum Gasteiger partial charge on any atom is -0.493 e. The molecule has 1 amide bonds. The Morgan fingerprint density at radius 2 is 1.90 bits per heavy atom. The van der Waals surface area contributed by atoms with Crippen molar-refractivity contribution in [3.05, 3.63) is 52.8 Å². The van der Waals surface area contributed by atoms with Crippen LogP contribution in [0.5, 0.6) is 5.75 Å². The average Bonchev–Trinajstić information content (AvgIpc) is 3.20. The lowest BCUT2D eigenvalue weighted by molar-refractivity contribution is -0.116. The Balaban J connectivity index is 1.18. The van der Waals surface area contributed by atoms with Gasteiger partial charge in [-0.2, -0.15) is 0 Å². The third-order valence-corrected chi connectivity index (χ3v) is 6.26. The van der Waals surface area contributed by atoms with Crippen molar-refractivity contribution in [2.75, 3.05) is 49.5 Å². The minimum absolute atomic E-state index is 0.111. The highest BCUT2D eigenvalue weighted by Gasteiger charge is 2.24. The van der Waals surface area contributed by atoms with E-state index in [1.54, 1.807) is 6.07 Å². The first-order valence-corrected chi connectivity index (χ1v) is 10.5. The Morgan fingerprint density at radius 3 is 2.76 bits per heavy atom. The van der Waals surface area contributed by atoms with E-state index < -0.39 is 0 Å². The molecule has 5 rings (SSSR count). The Kier molecular flexibility index (Phi) is 4.87. The molecule has 0 aliphatic carbocycles. The minimum atomic E-state index is -0.220. The number of carbonyl (C=O) groups is 1. The molecule has 0 saturated carbocycles. The standard InChI is InChI=1S/C23H26FN3O2/c24-18-14-21(19-6-12-29-22(19)15-18)27-10-8-26(9-11-27)7-5-16-1-2-17-3-4-23(28)25-20(17)13-16/h1-2,13-15H,3-12H2,(H,25,28). The molecule has 1 N–H and O–H groups in total. The van der Waals surface area contributed by atoms with Crippen LogP contribution in [0.4, 0.5) is 15.8 Å². The van der Waals surface area contributed by atoms with Crippen molar-refractivity contribution in [2.45, 2.75) is 25.7 Å². The lowest BCUT2D eigenvalue weighted by Gasteiger charge is -2.37. The van der Waals surface area contributed by atoms with Gasteiger partial charge in [-0.25, -0.2) is 4.39 Å². The zero-order valence-corrected chi connectivity index (χ0v) is 16.5. The third kappa shape index (κ3) is 3.81. The average molecular weight is 395 g/mol. The lowest BCUT2D eigenvalue weighted by atomic mass is 9.99. The van der Waals surface area contributed by atoms with Crippen molar-refractivity contribution < 1.29 is 13.9 Å². The van der Waals surface area contributed by atoms with Gasteiger partial charge < -0.3 is 15.0 Å². The van der Waals surface area contributed by atoms with Crippen LogP contribution in [-0.4, -0.2) is 50.1 Å².